The third-order valence-corrected chi connectivity index (χ3v) is 2.36. The molecule has 0 aromatic heterocycles. The summed E-state index contributed by atoms with van der Waals surface area (Å²) >= 11 is 4.76. The first-order chi connectivity index (χ1) is 7.88. The van der Waals surface area contributed by atoms with Crippen molar-refractivity contribution in [2.45, 2.75) is 0 Å². The van der Waals surface area contributed by atoms with Gasteiger partial charge in [-0.25, -0.2) is 23.0 Å². The maximum atomic E-state index is 13.2. The lowest BCUT2D eigenvalue weighted by Gasteiger charge is -2.20. The average molecular weight is 267 g/mol. The van der Waals surface area contributed by atoms with Gasteiger partial charge in [0.15, 0.2) is 28.4 Å². The first kappa shape index (κ1) is 13.7. The van der Waals surface area contributed by atoms with E-state index in [1.54, 1.807) is 0 Å². The number of nitrogens with one attached hydrogen (secondary N) is 2. The molecule has 0 heterocycles. The first-order valence-electron chi connectivity index (χ1n) is 4.43. The van der Waals surface area contributed by atoms with Crippen LogP contribution in [0.1, 0.15) is 0 Å². The fraction of sp³-hybridized carbons (Fsp3) is 0.222. The molecule has 0 bridgehead atoms. The Labute approximate surface area is 100 Å². The summed E-state index contributed by atoms with van der Waals surface area (Å²) in [5, 5.41) is 3.27. The van der Waals surface area contributed by atoms with Gasteiger partial charge in [-0.05, 0) is 12.2 Å². The van der Waals surface area contributed by atoms with Crippen molar-refractivity contribution in [1.82, 2.24) is 10.4 Å². The van der Waals surface area contributed by atoms with Crippen LogP contribution in [-0.2, 0) is 0 Å². The van der Waals surface area contributed by atoms with Gasteiger partial charge in [-0.1, -0.05) is 0 Å². The van der Waals surface area contributed by atoms with E-state index in [1.165, 1.54) is 19.1 Å². The molecule has 0 saturated heterocycles. The number of rotatable bonds is 2. The van der Waals surface area contributed by atoms with Crippen LogP contribution in [0.4, 0.5) is 23.2 Å². The summed E-state index contributed by atoms with van der Waals surface area (Å²) in [6.45, 7) is 0. The minimum atomic E-state index is -1.76. The summed E-state index contributed by atoms with van der Waals surface area (Å²) in [5.74, 6) is -6.29. The molecule has 0 radical (unpaired) electrons. The van der Waals surface area contributed by atoms with Crippen LogP contribution in [0.2, 0.25) is 0 Å². The van der Waals surface area contributed by atoms with Crippen molar-refractivity contribution in [2.24, 2.45) is 0 Å². The number of hydrogen-bond donors (Lipinski definition) is 2. The summed E-state index contributed by atoms with van der Waals surface area (Å²) in [6, 6.07) is 0.239. The van der Waals surface area contributed by atoms with Crippen molar-refractivity contribution < 1.29 is 17.6 Å². The van der Waals surface area contributed by atoms with E-state index in [0.717, 1.165) is 0 Å². The van der Waals surface area contributed by atoms with E-state index in [0.29, 0.717) is 0 Å². The predicted octanol–water partition coefficient (Wildman–Crippen LogP) is 2.01. The molecule has 0 aliphatic heterocycles. The Morgan fingerprint density at radius 1 is 1.18 bits per heavy atom. The van der Waals surface area contributed by atoms with Crippen molar-refractivity contribution in [2.75, 3.05) is 19.4 Å². The Hall–Kier alpha value is -1.41. The van der Waals surface area contributed by atoms with Gasteiger partial charge >= 0.3 is 0 Å². The van der Waals surface area contributed by atoms with E-state index in [2.05, 4.69) is 10.7 Å². The molecule has 0 aliphatic carbocycles. The predicted molar refractivity (Wildman–Crippen MR) is 59.3 cm³/mol. The minimum Gasteiger partial charge on any atom is -0.327 e. The molecular formula is C9H9F4N3S. The maximum Gasteiger partial charge on any atom is 0.196 e. The van der Waals surface area contributed by atoms with E-state index in [1.807, 2.05) is 0 Å². The zero-order valence-electron chi connectivity index (χ0n) is 8.94. The van der Waals surface area contributed by atoms with Crippen LogP contribution in [0, 0.1) is 23.3 Å². The fourth-order valence-corrected chi connectivity index (χ4v) is 1.17. The number of hydrazine groups is 1. The van der Waals surface area contributed by atoms with Crippen LogP contribution < -0.4 is 10.7 Å². The van der Waals surface area contributed by atoms with Gasteiger partial charge in [0.2, 0.25) is 0 Å². The Kier molecular flexibility index (Phi) is 4.24. The van der Waals surface area contributed by atoms with Crippen molar-refractivity contribution in [3.8, 4) is 0 Å². The largest absolute Gasteiger partial charge is 0.327 e. The highest BCUT2D eigenvalue weighted by molar-refractivity contribution is 7.80. The van der Waals surface area contributed by atoms with E-state index in [-0.39, 0.29) is 11.2 Å². The number of benzene rings is 1. The van der Waals surface area contributed by atoms with Crippen LogP contribution >= 0.6 is 12.2 Å². The maximum absolute atomic E-state index is 13.2. The lowest BCUT2D eigenvalue weighted by Crippen LogP contribution is -2.40. The highest BCUT2D eigenvalue weighted by Gasteiger charge is 2.20. The molecule has 94 valence electrons. The molecule has 8 heteroatoms. The zero-order valence-corrected chi connectivity index (χ0v) is 9.76. The summed E-state index contributed by atoms with van der Waals surface area (Å²) < 4.78 is 52.0. The van der Waals surface area contributed by atoms with Gasteiger partial charge in [-0.3, -0.25) is 5.01 Å². The SMILES string of the molecule is CNN(C)C(=S)Nc1c(F)cc(F)c(F)c1F. The third kappa shape index (κ3) is 2.83. The van der Waals surface area contributed by atoms with Gasteiger partial charge in [0, 0.05) is 20.2 Å². The fourth-order valence-electron chi connectivity index (χ4n) is 0.973. The van der Waals surface area contributed by atoms with Gasteiger partial charge in [0.1, 0.15) is 5.69 Å². The van der Waals surface area contributed by atoms with Crippen LogP contribution in [0.5, 0.6) is 0 Å². The number of thiocarbonyl (C=S) groups is 1. The summed E-state index contributed by atoms with van der Waals surface area (Å²) in [5.41, 5.74) is 1.73. The molecule has 0 atom stereocenters. The Morgan fingerprint density at radius 2 is 1.76 bits per heavy atom. The van der Waals surface area contributed by atoms with E-state index < -0.39 is 29.0 Å². The molecule has 0 unspecified atom stereocenters. The molecule has 0 spiro atoms. The third-order valence-electron chi connectivity index (χ3n) is 1.99. The summed E-state index contributed by atoms with van der Waals surface area (Å²) in [4.78, 5) is 0. The van der Waals surface area contributed by atoms with Crippen molar-refractivity contribution >= 4 is 23.0 Å². The molecule has 2 N–H and O–H groups in total. The quantitative estimate of drug-likeness (QED) is 0.282. The minimum absolute atomic E-state index is 0.101. The number of hydrogen-bond acceptors (Lipinski definition) is 2. The molecule has 3 nitrogen and oxygen atoms in total. The molecule has 0 amide bonds. The smallest absolute Gasteiger partial charge is 0.196 e. The van der Waals surface area contributed by atoms with Crippen LogP contribution in [-0.4, -0.2) is 24.2 Å². The van der Waals surface area contributed by atoms with Crippen molar-refractivity contribution in [3.05, 3.63) is 29.3 Å². The number of nitrogens with zero attached hydrogens (tertiary/aromatic N) is 1. The van der Waals surface area contributed by atoms with E-state index >= 15 is 0 Å². The van der Waals surface area contributed by atoms with Gasteiger partial charge < -0.3 is 5.32 Å². The van der Waals surface area contributed by atoms with Crippen molar-refractivity contribution in [1.29, 1.82) is 0 Å². The second-order valence-corrected chi connectivity index (χ2v) is 3.44. The second kappa shape index (κ2) is 5.28. The molecule has 1 aromatic carbocycles. The van der Waals surface area contributed by atoms with Gasteiger partial charge in [-0.15, -0.1) is 0 Å². The van der Waals surface area contributed by atoms with Gasteiger partial charge in [0.05, 0.1) is 0 Å². The number of anilines is 1. The molecule has 0 aliphatic rings. The molecular weight excluding hydrogens is 258 g/mol. The summed E-state index contributed by atoms with van der Waals surface area (Å²) in [6.07, 6.45) is 0. The molecule has 1 rings (SSSR count). The van der Waals surface area contributed by atoms with Gasteiger partial charge in [-0.2, -0.15) is 0 Å². The van der Waals surface area contributed by atoms with Crippen LogP contribution in [0.3, 0.4) is 0 Å². The van der Waals surface area contributed by atoms with Gasteiger partial charge in [0.25, 0.3) is 0 Å². The molecule has 1 aromatic rings. The average Bonchev–Trinajstić information content (AvgIpc) is 2.30. The second-order valence-electron chi connectivity index (χ2n) is 3.06. The molecule has 0 saturated carbocycles. The lowest BCUT2D eigenvalue weighted by atomic mass is 10.2. The monoisotopic (exact) mass is 267 g/mol. The van der Waals surface area contributed by atoms with Crippen LogP contribution in [0.15, 0.2) is 6.07 Å². The normalized spacial score (nSPS) is 10.2. The number of halogens is 4. The van der Waals surface area contributed by atoms with Crippen LogP contribution in [0.25, 0.3) is 0 Å². The van der Waals surface area contributed by atoms with Crippen molar-refractivity contribution in [3.63, 3.8) is 0 Å². The van der Waals surface area contributed by atoms with E-state index in [9.17, 15) is 17.6 Å². The Bertz CT molecular complexity index is 452. The Balaban J connectivity index is 3.07. The Morgan fingerprint density at radius 3 is 2.29 bits per heavy atom. The standard InChI is InChI=1S/C9H9F4N3S/c1-14-16(2)9(17)15-8-5(11)3-4(10)6(12)7(8)13/h3,14H,1-2H3,(H,15,17). The van der Waals surface area contributed by atoms with E-state index in [4.69, 9.17) is 12.2 Å². The molecule has 0 fully saturated rings. The summed E-state index contributed by atoms with van der Waals surface area (Å²) in [7, 11) is 3.00. The topological polar surface area (TPSA) is 27.3 Å². The zero-order chi connectivity index (χ0) is 13.2. The highest BCUT2D eigenvalue weighted by atomic mass is 32.1. The highest BCUT2D eigenvalue weighted by Crippen LogP contribution is 2.23. The lowest BCUT2D eigenvalue weighted by molar-refractivity contribution is 0.413. The first-order valence-corrected chi connectivity index (χ1v) is 4.84. The molecule has 17 heavy (non-hydrogen) atoms.